The van der Waals surface area contributed by atoms with E-state index in [4.69, 9.17) is 10.3 Å². The lowest BCUT2D eigenvalue weighted by atomic mass is 10.1. The molecule has 2 aromatic carbocycles. The van der Waals surface area contributed by atoms with Crippen LogP contribution in [0.5, 0.6) is 5.75 Å². The van der Waals surface area contributed by atoms with Crippen LogP contribution in [0.2, 0.25) is 0 Å². The van der Waals surface area contributed by atoms with E-state index >= 15 is 0 Å². The predicted octanol–water partition coefficient (Wildman–Crippen LogP) is 5.43. The summed E-state index contributed by atoms with van der Waals surface area (Å²) < 4.78 is 5.16. The zero-order chi connectivity index (χ0) is 16.1. The van der Waals surface area contributed by atoms with Crippen molar-refractivity contribution in [2.75, 3.05) is 0 Å². The number of aryl methyl sites for hydroxylation is 2. The molecule has 0 aliphatic heterocycles. The number of rotatable bonds is 5. The average Bonchev–Trinajstić information content (AvgIpc) is 2.52. The second kappa shape index (κ2) is 7.22. The van der Waals surface area contributed by atoms with Gasteiger partial charge in [-0.1, -0.05) is 18.7 Å². The Hall–Kier alpha value is -2.14. The van der Waals surface area contributed by atoms with E-state index in [2.05, 4.69) is 5.11 Å². The van der Waals surface area contributed by atoms with E-state index in [1.54, 1.807) is 30.8 Å². The first-order valence-corrected chi connectivity index (χ1v) is 7.82. The van der Waals surface area contributed by atoms with E-state index in [0.717, 1.165) is 20.9 Å². The minimum Gasteiger partial charge on any atom is -0.427 e. The predicted molar refractivity (Wildman–Crippen MR) is 87.2 cm³/mol. The zero-order valence-electron chi connectivity index (χ0n) is 12.8. The maximum Gasteiger partial charge on any atom is 0.310 e. The lowest BCUT2D eigenvalue weighted by Gasteiger charge is -2.09. The maximum atomic E-state index is 11.2. The summed E-state index contributed by atoms with van der Waals surface area (Å²) in [6.07, 6.45) is 0.363. The lowest BCUT2D eigenvalue weighted by molar-refractivity contribution is -0.134. The van der Waals surface area contributed by atoms with Crippen LogP contribution in [0.15, 0.2) is 51.3 Å². The standard InChI is InChI=1S/C17H18N2O2S/c1-4-17(20)21-13-5-7-14(8-6-13)22-16-10-11(2)15(19-18)9-12(16)3/h5-10,18H,4H2,1-3H3. The summed E-state index contributed by atoms with van der Waals surface area (Å²) in [5.41, 5.74) is 9.91. The molecule has 1 N–H and O–H groups in total. The maximum absolute atomic E-state index is 11.2. The van der Waals surface area contributed by atoms with Gasteiger partial charge in [0, 0.05) is 16.2 Å². The number of hydrogen-bond acceptors (Lipinski definition) is 5. The van der Waals surface area contributed by atoms with Crippen LogP contribution in [0.3, 0.4) is 0 Å². The summed E-state index contributed by atoms with van der Waals surface area (Å²) in [4.78, 5) is 13.4. The van der Waals surface area contributed by atoms with Crippen LogP contribution < -0.4 is 4.74 Å². The molecule has 0 saturated heterocycles. The topological polar surface area (TPSA) is 62.5 Å². The van der Waals surface area contributed by atoms with Crippen LogP contribution in [0.25, 0.3) is 0 Å². The van der Waals surface area contributed by atoms with Crippen molar-refractivity contribution in [1.82, 2.24) is 0 Å². The molecule has 2 aromatic rings. The first kappa shape index (κ1) is 16.2. The number of nitrogens with one attached hydrogen (secondary N) is 1. The minimum atomic E-state index is -0.235. The van der Waals surface area contributed by atoms with E-state index in [1.165, 1.54) is 0 Å². The Kier molecular flexibility index (Phi) is 5.33. The first-order chi connectivity index (χ1) is 10.5. The Bertz CT molecular complexity index is 697. The fourth-order valence-corrected chi connectivity index (χ4v) is 2.89. The molecule has 0 radical (unpaired) electrons. The van der Waals surface area contributed by atoms with Gasteiger partial charge in [0.2, 0.25) is 0 Å². The number of hydrogen-bond donors (Lipinski definition) is 1. The van der Waals surface area contributed by atoms with Gasteiger partial charge < -0.3 is 4.74 Å². The molecule has 0 bridgehead atoms. The Balaban J connectivity index is 2.16. The molecule has 0 saturated carbocycles. The summed E-state index contributed by atoms with van der Waals surface area (Å²) in [6, 6.07) is 11.4. The number of carbonyl (C=O) groups excluding carboxylic acids is 1. The number of benzene rings is 2. The largest absolute Gasteiger partial charge is 0.427 e. The molecule has 0 amide bonds. The molecule has 2 rings (SSSR count). The monoisotopic (exact) mass is 314 g/mol. The molecule has 5 heteroatoms. The number of nitrogens with zero attached hydrogens (tertiary/aromatic N) is 1. The van der Waals surface area contributed by atoms with Crippen molar-refractivity contribution in [3.05, 3.63) is 47.5 Å². The van der Waals surface area contributed by atoms with Crippen LogP contribution in [-0.4, -0.2) is 5.97 Å². The molecular formula is C17H18N2O2S. The molecule has 0 unspecified atom stereocenters. The molecule has 114 valence electrons. The quantitative estimate of drug-likeness (QED) is 0.454. The average molecular weight is 314 g/mol. The van der Waals surface area contributed by atoms with E-state index in [0.29, 0.717) is 17.9 Å². The van der Waals surface area contributed by atoms with Gasteiger partial charge in [-0.15, -0.1) is 0 Å². The van der Waals surface area contributed by atoms with Crippen LogP contribution in [-0.2, 0) is 4.79 Å². The summed E-state index contributed by atoms with van der Waals surface area (Å²) in [5, 5.41) is 3.52. The normalized spacial score (nSPS) is 10.3. The summed E-state index contributed by atoms with van der Waals surface area (Å²) in [7, 11) is 0. The highest BCUT2D eigenvalue weighted by molar-refractivity contribution is 7.99. The van der Waals surface area contributed by atoms with Gasteiger partial charge in [0.05, 0.1) is 5.69 Å². The highest BCUT2D eigenvalue weighted by atomic mass is 32.2. The van der Waals surface area contributed by atoms with Crippen LogP contribution in [0.1, 0.15) is 24.5 Å². The fraction of sp³-hybridized carbons (Fsp3) is 0.235. The smallest absolute Gasteiger partial charge is 0.310 e. The molecule has 0 aromatic heterocycles. The summed E-state index contributed by atoms with van der Waals surface area (Å²) in [6.45, 7) is 5.72. The van der Waals surface area contributed by atoms with Crippen LogP contribution in [0.4, 0.5) is 5.69 Å². The molecule has 0 aliphatic rings. The summed E-state index contributed by atoms with van der Waals surface area (Å²) >= 11 is 1.64. The molecule has 0 aliphatic carbocycles. The van der Waals surface area contributed by atoms with Crippen LogP contribution in [0, 0.1) is 19.4 Å². The van der Waals surface area contributed by atoms with Crippen LogP contribution >= 0.6 is 11.8 Å². The van der Waals surface area contributed by atoms with Crippen molar-refractivity contribution in [1.29, 1.82) is 5.53 Å². The second-order valence-electron chi connectivity index (χ2n) is 4.92. The van der Waals surface area contributed by atoms with Crippen molar-refractivity contribution in [2.45, 2.75) is 37.0 Å². The third kappa shape index (κ3) is 3.95. The van der Waals surface area contributed by atoms with Gasteiger partial charge in [-0.3, -0.25) is 4.79 Å². The summed E-state index contributed by atoms with van der Waals surface area (Å²) in [5.74, 6) is 0.328. The molecule has 0 fully saturated rings. The zero-order valence-corrected chi connectivity index (χ0v) is 13.7. The van der Waals surface area contributed by atoms with Gasteiger partial charge in [0.25, 0.3) is 0 Å². The SMILES string of the molecule is CCC(=O)Oc1ccc(Sc2cc(C)c(N=N)cc2C)cc1. The van der Waals surface area contributed by atoms with Gasteiger partial charge in [0.1, 0.15) is 5.75 Å². The number of carbonyl (C=O) groups is 1. The Labute approximate surface area is 134 Å². The van der Waals surface area contributed by atoms with E-state index in [9.17, 15) is 4.79 Å². The number of esters is 1. The Morgan fingerprint density at radius 3 is 2.45 bits per heavy atom. The van der Waals surface area contributed by atoms with Crippen molar-refractivity contribution >= 4 is 23.4 Å². The van der Waals surface area contributed by atoms with Crippen molar-refractivity contribution in [3.63, 3.8) is 0 Å². The van der Waals surface area contributed by atoms with Gasteiger partial charge in [-0.25, -0.2) is 5.53 Å². The van der Waals surface area contributed by atoms with Gasteiger partial charge in [-0.2, -0.15) is 5.11 Å². The molecule has 22 heavy (non-hydrogen) atoms. The van der Waals surface area contributed by atoms with Gasteiger partial charge in [-0.05, 0) is 61.4 Å². The van der Waals surface area contributed by atoms with Crippen molar-refractivity contribution < 1.29 is 9.53 Å². The first-order valence-electron chi connectivity index (χ1n) is 7.00. The fourth-order valence-electron chi connectivity index (χ4n) is 1.91. The molecular weight excluding hydrogens is 296 g/mol. The van der Waals surface area contributed by atoms with E-state index in [1.807, 2.05) is 38.1 Å². The Morgan fingerprint density at radius 1 is 1.18 bits per heavy atom. The molecule has 0 spiro atoms. The van der Waals surface area contributed by atoms with Gasteiger partial charge >= 0.3 is 5.97 Å². The third-order valence-corrected chi connectivity index (χ3v) is 4.35. The highest BCUT2D eigenvalue weighted by Crippen LogP contribution is 2.34. The second-order valence-corrected chi connectivity index (χ2v) is 6.03. The molecule has 0 atom stereocenters. The third-order valence-electron chi connectivity index (χ3n) is 3.19. The molecule has 0 heterocycles. The lowest BCUT2D eigenvalue weighted by Crippen LogP contribution is -2.05. The Morgan fingerprint density at radius 2 is 1.86 bits per heavy atom. The van der Waals surface area contributed by atoms with E-state index < -0.39 is 0 Å². The molecule has 4 nitrogen and oxygen atoms in total. The van der Waals surface area contributed by atoms with E-state index in [-0.39, 0.29) is 5.97 Å². The number of ether oxygens (including phenoxy) is 1. The minimum absolute atomic E-state index is 0.235. The highest BCUT2D eigenvalue weighted by Gasteiger charge is 2.07. The van der Waals surface area contributed by atoms with Gasteiger partial charge in [0.15, 0.2) is 0 Å². The van der Waals surface area contributed by atoms with Crippen molar-refractivity contribution in [3.8, 4) is 5.75 Å². The van der Waals surface area contributed by atoms with Crippen molar-refractivity contribution in [2.24, 2.45) is 5.11 Å².